The maximum atomic E-state index is 9.39. The third-order valence-electron chi connectivity index (χ3n) is 2.09. The Balaban J connectivity index is 0.000000671. The highest BCUT2D eigenvalue weighted by Crippen LogP contribution is 2.18. The van der Waals surface area contributed by atoms with E-state index in [0.717, 1.165) is 12.8 Å². The van der Waals surface area contributed by atoms with Gasteiger partial charge in [-0.25, -0.2) is 0 Å². The van der Waals surface area contributed by atoms with Gasteiger partial charge in [0.25, 0.3) is 0 Å². The van der Waals surface area contributed by atoms with Crippen LogP contribution in [0.1, 0.15) is 26.2 Å². The van der Waals surface area contributed by atoms with Crippen molar-refractivity contribution in [1.29, 1.82) is 0 Å². The topological polar surface area (TPSA) is 49.7 Å². The molecule has 1 aliphatic heterocycles. The van der Waals surface area contributed by atoms with Crippen LogP contribution in [0.4, 0.5) is 0 Å². The molecule has 1 fully saturated rings. The van der Waals surface area contributed by atoms with Gasteiger partial charge in [-0.3, -0.25) is 0 Å². The van der Waals surface area contributed by atoms with E-state index in [0.29, 0.717) is 13.0 Å². The standard InChI is InChI=1S/C8H16O3.CH4S/c1-2-3-7-8(10)6(9)4-5-11-7;1-2/h6-10H,2-5H2,1H3;2H,1H3/t6-,7-,8-;/m1./s1. The summed E-state index contributed by atoms with van der Waals surface area (Å²) in [6, 6.07) is 0. The Bertz CT molecular complexity index is 119. The van der Waals surface area contributed by atoms with Crippen molar-refractivity contribution in [1.82, 2.24) is 0 Å². The Morgan fingerprint density at radius 1 is 1.38 bits per heavy atom. The molecule has 0 saturated carbocycles. The summed E-state index contributed by atoms with van der Waals surface area (Å²) in [6.45, 7) is 2.61. The zero-order valence-electron chi connectivity index (χ0n) is 8.31. The van der Waals surface area contributed by atoms with E-state index < -0.39 is 12.2 Å². The molecule has 0 unspecified atom stereocenters. The van der Waals surface area contributed by atoms with Crippen LogP contribution < -0.4 is 0 Å². The minimum Gasteiger partial charge on any atom is -0.390 e. The predicted molar refractivity (Wildman–Crippen MR) is 56.2 cm³/mol. The Labute approximate surface area is 85.5 Å². The zero-order chi connectivity index (χ0) is 10.3. The maximum Gasteiger partial charge on any atom is 0.106 e. The number of aliphatic hydroxyl groups excluding tert-OH is 2. The van der Waals surface area contributed by atoms with Gasteiger partial charge in [-0.1, -0.05) is 13.3 Å². The van der Waals surface area contributed by atoms with E-state index in [4.69, 9.17) is 4.74 Å². The first-order chi connectivity index (χ1) is 6.25. The summed E-state index contributed by atoms with van der Waals surface area (Å²) < 4.78 is 5.29. The Hall–Kier alpha value is 0.230. The van der Waals surface area contributed by atoms with Crippen molar-refractivity contribution in [3.8, 4) is 0 Å². The normalized spacial score (nSPS) is 33.5. The second-order valence-electron chi connectivity index (χ2n) is 3.04. The highest BCUT2D eigenvalue weighted by Gasteiger charge is 2.30. The molecule has 0 spiro atoms. The zero-order valence-corrected chi connectivity index (χ0v) is 9.20. The highest BCUT2D eigenvalue weighted by molar-refractivity contribution is 7.79. The Morgan fingerprint density at radius 3 is 2.54 bits per heavy atom. The lowest BCUT2D eigenvalue weighted by atomic mass is 9.99. The van der Waals surface area contributed by atoms with Crippen LogP contribution in [-0.4, -0.2) is 41.4 Å². The van der Waals surface area contributed by atoms with Crippen molar-refractivity contribution in [2.45, 2.75) is 44.5 Å². The smallest absolute Gasteiger partial charge is 0.106 e. The number of hydrogen-bond donors (Lipinski definition) is 3. The first-order valence-electron chi connectivity index (χ1n) is 4.68. The SMILES string of the molecule is CCC[C@H]1OCC[C@@H](O)[C@H]1O.CS. The summed E-state index contributed by atoms with van der Waals surface area (Å²) in [6.07, 6.45) is 2.65. The molecule has 80 valence electrons. The molecule has 0 radical (unpaired) electrons. The van der Waals surface area contributed by atoms with Crippen molar-refractivity contribution in [3.05, 3.63) is 0 Å². The van der Waals surface area contributed by atoms with Crippen LogP contribution in [-0.2, 0) is 4.74 Å². The molecule has 3 nitrogen and oxygen atoms in total. The lowest BCUT2D eigenvalue weighted by molar-refractivity contribution is -0.136. The molecule has 0 aromatic rings. The summed E-state index contributed by atoms with van der Waals surface area (Å²) in [4.78, 5) is 0. The van der Waals surface area contributed by atoms with Gasteiger partial charge < -0.3 is 14.9 Å². The van der Waals surface area contributed by atoms with Crippen molar-refractivity contribution in [2.75, 3.05) is 12.9 Å². The molecule has 3 atom stereocenters. The number of thiol groups is 1. The summed E-state index contributed by atoms with van der Waals surface area (Å²) >= 11 is 3.53. The van der Waals surface area contributed by atoms with Gasteiger partial charge in [0.1, 0.15) is 6.10 Å². The summed E-state index contributed by atoms with van der Waals surface area (Å²) in [5.74, 6) is 0. The van der Waals surface area contributed by atoms with Crippen LogP contribution in [0.15, 0.2) is 0 Å². The van der Waals surface area contributed by atoms with Gasteiger partial charge in [-0.15, -0.1) is 0 Å². The van der Waals surface area contributed by atoms with Gasteiger partial charge in [0.05, 0.1) is 12.2 Å². The van der Waals surface area contributed by atoms with E-state index in [1.54, 1.807) is 6.26 Å². The van der Waals surface area contributed by atoms with Crippen LogP contribution in [0.3, 0.4) is 0 Å². The summed E-state index contributed by atoms with van der Waals surface area (Å²) in [5, 5.41) is 18.6. The maximum absolute atomic E-state index is 9.39. The van der Waals surface area contributed by atoms with Crippen molar-refractivity contribution < 1.29 is 14.9 Å². The summed E-state index contributed by atoms with van der Waals surface area (Å²) in [7, 11) is 0. The van der Waals surface area contributed by atoms with E-state index in [-0.39, 0.29) is 6.10 Å². The Morgan fingerprint density at radius 2 is 2.00 bits per heavy atom. The van der Waals surface area contributed by atoms with E-state index in [9.17, 15) is 10.2 Å². The van der Waals surface area contributed by atoms with Gasteiger partial charge in [-0.2, -0.15) is 12.6 Å². The number of aliphatic hydroxyl groups is 2. The lowest BCUT2D eigenvalue weighted by Gasteiger charge is -2.31. The van der Waals surface area contributed by atoms with E-state index >= 15 is 0 Å². The second kappa shape index (κ2) is 7.62. The number of rotatable bonds is 2. The lowest BCUT2D eigenvalue weighted by Crippen LogP contribution is -2.44. The van der Waals surface area contributed by atoms with E-state index in [1.165, 1.54) is 0 Å². The number of ether oxygens (including phenoxy) is 1. The first-order valence-corrected chi connectivity index (χ1v) is 5.57. The van der Waals surface area contributed by atoms with Gasteiger partial charge in [0.2, 0.25) is 0 Å². The predicted octanol–water partition coefficient (Wildman–Crippen LogP) is 0.843. The fraction of sp³-hybridized carbons (Fsp3) is 1.00. The highest BCUT2D eigenvalue weighted by atomic mass is 32.1. The first kappa shape index (κ1) is 13.2. The van der Waals surface area contributed by atoms with Gasteiger partial charge in [-0.05, 0) is 19.1 Å². The fourth-order valence-corrected chi connectivity index (χ4v) is 1.40. The Kier molecular flexibility index (Phi) is 7.75. The molecule has 1 aliphatic rings. The molecule has 0 aromatic carbocycles. The number of hydrogen-bond acceptors (Lipinski definition) is 4. The molecule has 13 heavy (non-hydrogen) atoms. The van der Waals surface area contributed by atoms with E-state index in [1.807, 2.05) is 6.92 Å². The molecule has 0 amide bonds. The monoisotopic (exact) mass is 208 g/mol. The largest absolute Gasteiger partial charge is 0.390 e. The molecule has 1 rings (SSSR count). The van der Waals surface area contributed by atoms with Crippen LogP contribution >= 0.6 is 12.6 Å². The minimum absolute atomic E-state index is 0.149. The van der Waals surface area contributed by atoms with Crippen molar-refractivity contribution in [3.63, 3.8) is 0 Å². The third-order valence-corrected chi connectivity index (χ3v) is 2.09. The van der Waals surface area contributed by atoms with Gasteiger partial charge >= 0.3 is 0 Å². The molecule has 0 aliphatic carbocycles. The molecule has 2 N–H and O–H groups in total. The molecule has 1 heterocycles. The second-order valence-corrected chi connectivity index (χ2v) is 3.04. The quantitative estimate of drug-likeness (QED) is 0.590. The molecule has 0 bridgehead atoms. The van der Waals surface area contributed by atoms with Crippen LogP contribution in [0.5, 0.6) is 0 Å². The van der Waals surface area contributed by atoms with Crippen molar-refractivity contribution >= 4 is 12.6 Å². The molecular weight excluding hydrogens is 188 g/mol. The average Bonchev–Trinajstić information content (AvgIpc) is 2.17. The van der Waals surface area contributed by atoms with E-state index in [2.05, 4.69) is 12.6 Å². The molecule has 1 saturated heterocycles. The van der Waals surface area contributed by atoms with Crippen molar-refractivity contribution in [2.24, 2.45) is 0 Å². The summed E-state index contributed by atoms with van der Waals surface area (Å²) in [5.41, 5.74) is 0. The third kappa shape index (κ3) is 4.31. The van der Waals surface area contributed by atoms with Crippen LogP contribution in [0.25, 0.3) is 0 Å². The molecular formula is C9H20O3S. The molecule has 0 aromatic heterocycles. The van der Waals surface area contributed by atoms with Gasteiger partial charge in [0, 0.05) is 6.61 Å². The van der Waals surface area contributed by atoms with Gasteiger partial charge in [0.15, 0.2) is 0 Å². The van der Waals surface area contributed by atoms with Crippen LogP contribution in [0.2, 0.25) is 0 Å². The molecule has 4 heteroatoms. The average molecular weight is 208 g/mol. The van der Waals surface area contributed by atoms with Crippen LogP contribution in [0, 0.1) is 0 Å². The fourth-order valence-electron chi connectivity index (χ4n) is 1.40. The minimum atomic E-state index is -0.677.